The third-order valence-corrected chi connectivity index (χ3v) is 3.03. The van der Waals surface area contributed by atoms with E-state index in [2.05, 4.69) is 15.2 Å². The minimum absolute atomic E-state index is 0.123. The first-order chi connectivity index (χ1) is 10.7. The summed E-state index contributed by atoms with van der Waals surface area (Å²) < 4.78 is 5.28. The number of para-hydroxylation sites is 2. The Kier molecular flexibility index (Phi) is 3.82. The molecule has 0 saturated carbocycles. The lowest BCUT2D eigenvalue weighted by Gasteiger charge is -2.01. The molecule has 6 heteroatoms. The number of aromatic hydroxyl groups is 1. The van der Waals surface area contributed by atoms with E-state index < -0.39 is 5.91 Å². The van der Waals surface area contributed by atoms with Crippen LogP contribution in [0.2, 0.25) is 0 Å². The van der Waals surface area contributed by atoms with Crippen LogP contribution in [0.5, 0.6) is 11.6 Å². The predicted molar refractivity (Wildman–Crippen MR) is 81.4 cm³/mol. The monoisotopic (exact) mass is 295 g/mol. The van der Waals surface area contributed by atoms with Gasteiger partial charge in [0, 0.05) is 5.39 Å². The van der Waals surface area contributed by atoms with Gasteiger partial charge in [0.25, 0.3) is 0 Å². The van der Waals surface area contributed by atoms with Crippen molar-refractivity contribution in [1.29, 1.82) is 0 Å². The fraction of sp³-hybridized carbons (Fsp3) is 0.0625. The van der Waals surface area contributed by atoms with Crippen molar-refractivity contribution < 1.29 is 14.6 Å². The van der Waals surface area contributed by atoms with Crippen LogP contribution >= 0.6 is 0 Å². The molecule has 2 aromatic carbocycles. The molecule has 1 heterocycles. The number of carbonyl (C=O) groups excluding carboxylic acids is 1. The highest BCUT2D eigenvalue weighted by molar-refractivity contribution is 5.94. The van der Waals surface area contributed by atoms with Gasteiger partial charge in [-0.3, -0.25) is 4.79 Å². The molecule has 0 aliphatic carbocycles. The van der Waals surface area contributed by atoms with Crippen molar-refractivity contribution in [1.82, 2.24) is 4.98 Å². The maximum Gasteiger partial charge on any atom is 0.302 e. The molecule has 0 unspecified atom stereocenters. The lowest BCUT2D eigenvalue weighted by Crippen LogP contribution is -2.07. The maximum absolute atomic E-state index is 11.7. The van der Waals surface area contributed by atoms with Gasteiger partial charge in [-0.25, -0.2) is 0 Å². The van der Waals surface area contributed by atoms with E-state index in [0.29, 0.717) is 11.1 Å². The number of rotatable bonds is 4. The average Bonchev–Trinajstić information content (AvgIpc) is 2.87. The van der Waals surface area contributed by atoms with Crippen LogP contribution in [0.4, 0.5) is 5.69 Å². The summed E-state index contributed by atoms with van der Waals surface area (Å²) in [4.78, 5) is 14.4. The summed E-state index contributed by atoms with van der Waals surface area (Å²) in [6.07, 6.45) is 0. The number of nitrogens with zero attached hydrogens (tertiary/aromatic N) is 2. The van der Waals surface area contributed by atoms with Crippen molar-refractivity contribution >= 4 is 22.5 Å². The number of carbonyl (C=O) groups is 1. The standard InChI is InChI=1S/C16H13N3O3/c20-14(10-22-11-6-2-1-3-7-11)18-19-15-12-8-4-5-9-13(12)17-16(15)21/h1-9,17,21H,10H2. The number of benzene rings is 2. The summed E-state index contributed by atoms with van der Waals surface area (Å²) in [5.41, 5.74) is 0.964. The Morgan fingerprint density at radius 1 is 1.09 bits per heavy atom. The number of hydrogen-bond acceptors (Lipinski definition) is 4. The van der Waals surface area contributed by atoms with Crippen molar-refractivity contribution in [3.05, 3.63) is 54.6 Å². The minimum atomic E-state index is -0.534. The van der Waals surface area contributed by atoms with Crippen LogP contribution in [0, 0.1) is 0 Å². The summed E-state index contributed by atoms with van der Waals surface area (Å²) in [6.45, 7) is -0.212. The Morgan fingerprint density at radius 2 is 1.82 bits per heavy atom. The van der Waals surface area contributed by atoms with Crippen LogP contribution in [-0.4, -0.2) is 22.6 Å². The summed E-state index contributed by atoms with van der Waals surface area (Å²) >= 11 is 0. The number of aromatic nitrogens is 1. The van der Waals surface area contributed by atoms with E-state index >= 15 is 0 Å². The fourth-order valence-electron chi connectivity index (χ4n) is 2.01. The molecule has 1 amide bonds. The molecule has 22 heavy (non-hydrogen) atoms. The second kappa shape index (κ2) is 6.09. The van der Waals surface area contributed by atoms with Crippen molar-refractivity contribution in [3.8, 4) is 11.6 Å². The number of azo groups is 1. The van der Waals surface area contributed by atoms with Crippen LogP contribution in [0.15, 0.2) is 64.8 Å². The molecule has 3 aromatic rings. The Bertz CT molecular complexity index is 825. The molecule has 0 atom stereocenters. The second-order valence-corrected chi connectivity index (χ2v) is 4.56. The summed E-state index contributed by atoms with van der Waals surface area (Å²) in [7, 11) is 0. The maximum atomic E-state index is 11.7. The fourth-order valence-corrected chi connectivity index (χ4v) is 2.01. The highest BCUT2D eigenvalue weighted by atomic mass is 16.5. The first-order valence-electron chi connectivity index (χ1n) is 6.66. The van der Waals surface area contributed by atoms with E-state index in [-0.39, 0.29) is 18.2 Å². The van der Waals surface area contributed by atoms with Gasteiger partial charge in [0.2, 0.25) is 5.88 Å². The van der Waals surface area contributed by atoms with E-state index in [4.69, 9.17) is 4.74 Å². The zero-order valence-corrected chi connectivity index (χ0v) is 11.6. The Hall–Kier alpha value is -3.15. The summed E-state index contributed by atoms with van der Waals surface area (Å²) in [5.74, 6) is -0.0729. The molecule has 3 rings (SSSR count). The summed E-state index contributed by atoms with van der Waals surface area (Å²) in [5, 5.41) is 17.9. The van der Waals surface area contributed by atoms with Gasteiger partial charge in [-0.05, 0) is 18.2 Å². The molecule has 0 fully saturated rings. The van der Waals surface area contributed by atoms with E-state index in [9.17, 15) is 9.90 Å². The van der Waals surface area contributed by atoms with Crippen molar-refractivity contribution in [2.24, 2.45) is 10.2 Å². The SMILES string of the molecule is O=C(COc1ccccc1)N=Nc1c(O)[nH]c2ccccc12. The second-order valence-electron chi connectivity index (χ2n) is 4.56. The molecule has 0 aliphatic heterocycles. The van der Waals surface area contributed by atoms with Gasteiger partial charge in [0.1, 0.15) is 5.75 Å². The van der Waals surface area contributed by atoms with E-state index in [1.807, 2.05) is 30.3 Å². The molecular formula is C16H13N3O3. The highest BCUT2D eigenvalue weighted by Gasteiger charge is 2.10. The first-order valence-corrected chi connectivity index (χ1v) is 6.66. The molecule has 0 aliphatic rings. The number of hydrogen-bond donors (Lipinski definition) is 2. The number of fused-ring (bicyclic) bond motifs is 1. The van der Waals surface area contributed by atoms with E-state index in [1.54, 1.807) is 24.3 Å². The van der Waals surface area contributed by atoms with E-state index in [0.717, 1.165) is 5.52 Å². The van der Waals surface area contributed by atoms with Gasteiger partial charge >= 0.3 is 5.91 Å². The molecule has 0 spiro atoms. The Morgan fingerprint density at radius 3 is 2.64 bits per heavy atom. The number of ether oxygens (including phenoxy) is 1. The quantitative estimate of drug-likeness (QED) is 0.721. The van der Waals surface area contributed by atoms with Crippen molar-refractivity contribution in [2.75, 3.05) is 6.61 Å². The lowest BCUT2D eigenvalue weighted by atomic mass is 10.2. The van der Waals surface area contributed by atoms with Gasteiger partial charge in [0.05, 0.1) is 5.52 Å². The normalized spacial score (nSPS) is 11.1. The van der Waals surface area contributed by atoms with Crippen LogP contribution in [0.3, 0.4) is 0 Å². The average molecular weight is 295 g/mol. The third-order valence-electron chi connectivity index (χ3n) is 3.03. The molecule has 0 saturated heterocycles. The molecule has 110 valence electrons. The highest BCUT2D eigenvalue weighted by Crippen LogP contribution is 2.35. The zero-order valence-electron chi connectivity index (χ0n) is 11.6. The van der Waals surface area contributed by atoms with Crippen LogP contribution < -0.4 is 4.74 Å². The molecule has 0 bridgehead atoms. The number of aromatic amines is 1. The third kappa shape index (κ3) is 2.95. The molecule has 1 aromatic heterocycles. The van der Waals surface area contributed by atoms with Crippen LogP contribution in [0.25, 0.3) is 10.9 Å². The lowest BCUT2D eigenvalue weighted by molar-refractivity contribution is -0.120. The molecular weight excluding hydrogens is 282 g/mol. The molecule has 2 N–H and O–H groups in total. The van der Waals surface area contributed by atoms with Crippen molar-refractivity contribution in [3.63, 3.8) is 0 Å². The van der Waals surface area contributed by atoms with Gasteiger partial charge in [-0.15, -0.1) is 10.2 Å². The van der Waals surface area contributed by atoms with Gasteiger partial charge in [-0.2, -0.15) is 0 Å². The van der Waals surface area contributed by atoms with Crippen LogP contribution in [0.1, 0.15) is 0 Å². The van der Waals surface area contributed by atoms with Gasteiger partial charge in [0.15, 0.2) is 12.3 Å². The van der Waals surface area contributed by atoms with E-state index in [1.165, 1.54) is 0 Å². The Balaban J connectivity index is 1.70. The van der Waals surface area contributed by atoms with Gasteiger partial charge < -0.3 is 14.8 Å². The topological polar surface area (TPSA) is 87.0 Å². The smallest absolute Gasteiger partial charge is 0.302 e. The number of amides is 1. The largest absolute Gasteiger partial charge is 0.493 e. The molecule has 0 radical (unpaired) electrons. The van der Waals surface area contributed by atoms with Crippen molar-refractivity contribution in [2.45, 2.75) is 0 Å². The molecule has 6 nitrogen and oxygen atoms in total. The van der Waals surface area contributed by atoms with Gasteiger partial charge in [-0.1, -0.05) is 36.4 Å². The number of nitrogens with one attached hydrogen (secondary N) is 1. The zero-order chi connectivity index (χ0) is 15.4. The minimum Gasteiger partial charge on any atom is -0.493 e. The van der Waals surface area contributed by atoms with Crippen LogP contribution in [-0.2, 0) is 4.79 Å². The number of H-pyrrole nitrogens is 1. The first kappa shape index (κ1) is 13.8. The predicted octanol–water partition coefficient (Wildman–Crippen LogP) is 3.56. The Labute approximate surface area is 126 Å². The summed E-state index contributed by atoms with van der Waals surface area (Å²) in [6, 6.07) is 16.2.